The number of nitrogens with zero attached hydrogens (tertiary/aromatic N) is 2. The standard InChI is InChI=1S/C16H19FN4O2/c1-10-2-3-12(17)15-11(10)8-13(19-15)16(23)21-6-4-20(5-7-21)14(22)9-18/h2-3,8,19H,4-7,9,18H2,1H3. The van der Waals surface area contributed by atoms with Crippen molar-refractivity contribution < 1.29 is 14.0 Å². The van der Waals surface area contributed by atoms with E-state index in [2.05, 4.69) is 4.98 Å². The molecule has 0 saturated carbocycles. The van der Waals surface area contributed by atoms with Gasteiger partial charge in [0.25, 0.3) is 5.91 Å². The fraction of sp³-hybridized carbons (Fsp3) is 0.375. The van der Waals surface area contributed by atoms with Gasteiger partial charge >= 0.3 is 0 Å². The van der Waals surface area contributed by atoms with Crippen molar-refractivity contribution in [2.75, 3.05) is 32.7 Å². The molecule has 3 rings (SSSR count). The minimum absolute atomic E-state index is 0.0193. The van der Waals surface area contributed by atoms with Gasteiger partial charge in [0.1, 0.15) is 11.5 Å². The number of piperazine rings is 1. The quantitative estimate of drug-likeness (QED) is 0.861. The Kier molecular flexibility index (Phi) is 4.04. The second-order valence-electron chi connectivity index (χ2n) is 5.71. The minimum atomic E-state index is -0.372. The van der Waals surface area contributed by atoms with Crippen LogP contribution in [0.4, 0.5) is 4.39 Å². The molecule has 6 nitrogen and oxygen atoms in total. The molecule has 0 radical (unpaired) electrons. The van der Waals surface area contributed by atoms with Crippen LogP contribution in [-0.4, -0.2) is 59.3 Å². The lowest BCUT2D eigenvalue weighted by Gasteiger charge is -2.34. The molecule has 0 unspecified atom stereocenters. The van der Waals surface area contributed by atoms with Crippen LogP contribution in [0.2, 0.25) is 0 Å². The molecule has 0 spiro atoms. The predicted octanol–water partition coefficient (Wildman–Crippen LogP) is 0.859. The largest absolute Gasteiger partial charge is 0.348 e. The number of rotatable bonds is 2. The first-order valence-corrected chi connectivity index (χ1v) is 7.56. The average molecular weight is 318 g/mol. The highest BCUT2D eigenvalue weighted by Crippen LogP contribution is 2.23. The monoisotopic (exact) mass is 318 g/mol. The molecule has 1 aliphatic rings. The summed E-state index contributed by atoms with van der Waals surface area (Å²) < 4.78 is 13.9. The number of halogens is 1. The summed E-state index contributed by atoms with van der Waals surface area (Å²) in [6.07, 6.45) is 0. The van der Waals surface area contributed by atoms with E-state index < -0.39 is 0 Å². The van der Waals surface area contributed by atoms with Crippen LogP contribution in [0.5, 0.6) is 0 Å². The van der Waals surface area contributed by atoms with Gasteiger partial charge in [0.2, 0.25) is 5.91 Å². The van der Waals surface area contributed by atoms with Crippen LogP contribution >= 0.6 is 0 Å². The molecule has 122 valence electrons. The first kappa shape index (κ1) is 15.5. The van der Waals surface area contributed by atoms with Gasteiger partial charge in [0.05, 0.1) is 12.1 Å². The Morgan fingerprint density at radius 2 is 1.87 bits per heavy atom. The lowest BCUT2D eigenvalue weighted by Crippen LogP contribution is -2.52. The molecule has 0 atom stereocenters. The predicted molar refractivity (Wildman–Crippen MR) is 84.5 cm³/mol. The molecular weight excluding hydrogens is 299 g/mol. The number of benzene rings is 1. The summed E-state index contributed by atoms with van der Waals surface area (Å²) in [5, 5.41) is 0.713. The second kappa shape index (κ2) is 6.00. The van der Waals surface area contributed by atoms with E-state index in [1.807, 2.05) is 6.92 Å². The molecular formula is C16H19FN4O2. The number of carbonyl (C=O) groups excluding carboxylic acids is 2. The summed E-state index contributed by atoms with van der Waals surface area (Å²) in [4.78, 5) is 30.3. The molecule has 1 aromatic carbocycles. The van der Waals surface area contributed by atoms with E-state index in [9.17, 15) is 14.0 Å². The van der Waals surface area contributed by atoms with Crippen molar-refractivity contribution in [1.82, 2.24) is 14.8 Å². The maximum absolute atomic E-state index is 13.9. The van der Waals surface area contributed by atoms with E-state index in [1.54, 1.807) is 21.9 Å². The molecule has 0 bridgehead atoms. The van der Waals surface area contributed by atoms with Crippen molar-refractivity contribution in [1.29, 1.82) is 0 Å². The molecule has 1 saturated heterocycles. The third-order valence-electron chi connectivity index (χ3n) is 4.29. The molecule has 3 N–H and O–H groups in total. The molecule has 1 aliphatic heterocycles. The zero-order valence-corrected chi connectivity index (χ0v) is 12.9. The Labute approximate surface area is 133 Å². The topological polar surface area (TPSA) is 82.4 Å². The van der Waals surface area contributed by atoms with Crippen molar-refractivity contribution in [3.63, 3.8) is 0 Å². The molecule has 0 aliphatic carbocycles. The van der Waals surface area contributed by atoms with Crippen molar-refractivity contribution in [2.24, 2.45) is 5.73 Å². The number of amides is 2. The van der Waals surface area contributed by atoms with E-state index in [1.165, 1.54) is 6.07 Å². The van der Waals surface area contributed by atoms with Gasteiger partial charge in [0.15, 0.2) is 0 Å². The number of carbonyl (C=O) groups is 2. The summed E-state index contributed by atoms with van der Waals surface area (Å²) in [6.45, 7) is 3.68. The van der Waals surface area contributed by atoms with Gasteiger partial charge in [-0.25, -0.2) is 4.39 Å². The third-order valence-corrected chi connectivity index (χ3v) is 4.29. The van der Waals surface area contributed by atoms with E-state index in [4.69, 9.17) is 5.73 Å². The van der Waals surface area contributed by atoms with Crippen molar-refractivity contribution in [2.45, 2.75) is 6.92 Å². The van der Waals surface area contributed by atoms with Crippen molar-refractivity contribution in [3.05, 3.63) is 35.3 Å². The van der Waals surface area contributed by atoms with Crippen molar-refractivity contribution >= 4 is 22.7 Å². The third kappa shape index (κ3) is 2.79. The van der Waals surface area contributed by atoms with Gasteiger partial charge in [-0.1, -0.05) is 6.07 Å². The summed E-state index contributed by atoms with van der Waals surface area (Å²) in [5.74, 6) is -0.664. The van der Waals surface area contributed by atoms with Crippen LogP contribution in [0.15, 0.2) is 18.2 Å². The van der Waals surface area contributed by atoms with Gasteiger partial charge in [-0.2, -0.15) is 0 Å². The average Bonchev–Trinajstić information content (AvgIpc) is 3.03. The number of H-pyrrole nitrogens is 1. The SMILES string of the molecule is Cc1ccc(F)c2[nH]c(C(=O)N3CCN(C(=O)CN)CC3)cc12. The number of hydrogen-bond donors (Lipinski definition) is 2. The van der Waals surface area contributed by atoms with Gasteiger partial charge in [0, 0.05) is 31.6 Å². The zero-order valence-electron chi connectivity index (χ0n) is 12.9. The fourth-order valence-corrected chi connectivity index (χ4v) is 2.90. The van der Waals surface area contributed by atoms with Gasteiger partial charge in [-0.3, -0.25) is 9.59 Å². The molecule has 7 heteroatoms. The summed E-state index contributed by atoms with van der Waals surface area (Å²) in [5.41, 5.74) is 6.98. The van der Waals surface area contributed by atoms with Gasteiger partial charge in [-0.05, 0) is 24.6 Å². The molecule has 2 heterocycles. The maximum Gasteiger partial charge on any atom is 0.270 e. The van der Waals surface area contributed by atoms with Crippen LogP contribution in [0.1, 0.15) is 16.1 Å². The number of fused-ring (bicyclic) bond motifs is 1. The van der Waals surface area contributed by atoms with Crippen molar-refractivity contribution in [3.8, 4) is 0 Å². The second-order valence-corrected chi connectivity index (χ2v) is 5.71. The number of aromatic nitrogens is 1. The van der Waals surface area contributed by atoms with E-state index in [-0.39, 0.29) is 24.2 Å². The highest BCUT2D eigenvalue weighted by Gasteiger charge is 2.25. The molecule has 1 aromatic heterocycles. The van der Waals surface area contributed by atoms with Crippen LogP contribution in [0.3, 0.4) is 0 Å². The van der Waals surface area contributed by atoms with Crippen LogP contribution < -0.4 is 5.73 Å². The lowest BCUT2D eigenvalue weighted by atomic mass is 10.1. The highest BCUT2D eigenvalue weighted by molar-refractivity contribution is 5.99. The number of aromatic amines is 1. The molecule has 2 amide bonds. The first-order chi connectivity index (χ1) is 11.0. The number of aryl methyl sites for hydroxylation is 1. The number of nitrogens with two attached hydrogens (primary N) is 1. The Morgan fingerprint density at radius 3 is 2.48 bits per heavy atom. The first-order valence-electron chi connectivity index (χ1n) is 7.56. The summed E-state index contributed by atoms with van der Waals surface area (Å²) in [6, 6.07) is 4.77. The smallest absolute Gasteiger partial charge is 0.270 e. The van der Waals surface area contributed by atoms with E-state index >= 15 is 0 Å². The fourth-order valence-electron chi connectivity index (χ4n) is 2.90. The Balaban J connectivity index is 1.78. The zero-order chi connectivity index (χ0) is 16.6. The van der Waals surface area contributed by atoms with Gasteiger partial charge < -0.3 is 20.5 Å². The minimum Gasteiger partial charge on any atom is -0.348 e. The Morgan fingerprint density at radius 1 is 1.22 bits per heavy atom. The number of hydrogen-bond acceptors (Lipinski definition) is 3. The summed E-state index contributed by atoms with van der Waals surface area (Å²) in [7, 11) is 0. The van der Waals surface area contributed by atoms with Crippen LogP contribution in [0, 0.1) is 12.7 Å². The molecule has 1 fully saturated rings. The molecule has 23 heavy (non-hydrogen) atoms. The maximum atomic E-state index is 13.9. The van der Waals surface area contributed by atoms with Crippen LogP contribution in [-0.2, 0) is 4.79 Å². The summed E-state index contributed by atoms with van der Waals surface area (Å²) >= 11 is 0. The van der Waals surface area contributed by atoms with Crippen LogP contribution in [0.25, 0.3) is 10.9 Å². The lowest BCUT2D eigenvalue weighted by molar-refractivity contribution is -0.131. The normalized spacial score (nSPS) is 15.3. The Bertz CT molecular complexity index is 724. The number of nitrogens with one attached hydrogen (secondary N) is 1. The van der Waals surface area contributed by atoms with Gasteiger partial charge in [-0.15, -0.1) is 0 Å². The molecule has 2 aromatic rings. The van der Waals surface area contributed by atoms with E-state index in [0.717, 1.165) is 5.56 Å². The Hall–Kier alpha value is -2.41. The van der Waals surface area contributed by atoms with E-state index in [0.29, 0.717) is 42.8 Å². The highest BCUT2D eigenvalue weighted by atomic mass is 19.1.